The van der Waals surface area contributed by atoms with Crippen molar-refractivity contribution in [1.82, 2.24) is 14.8 Å². The average molecular weight is 450 g/mol. The third-order valence-electron chi connectivity index (χ3n) is 6.85. The highest BCUT2D eigenvalue weighted by Crippen LogP contribution is 2.37. The number of aromatic amines is 1. The Labute approximate surface area is 185 Å². The van der Waals surface area contributed by atoms with Gasteiger partial charge in [0, 0.05) is 57.2 Å². The summed E-state index contributed by atoms with van der Waals surface area (Å²) < 4.78 is 42.7. The quantitative estimate of drug-likeness (QED) is 0.715. The van der Waals surface area contributed by atoms with Gasteiger partial charge in [0.2, 0.25) is 5.91 Å². The number of H-pyrrole nitrogens is 1. The molecule has 1 atom stereocenters. The van der Waals surface area contributed by atoms with E-state index in [0.29, 0.717) is 24.0 Å². The van der Waals surface area contributed by atoms with Gasteiger partial charge >= 0.3 is 0 Å². The van der Waals surface area contributed by atoms with E-state index in [9.17, 15) is 18.4 Å². The van der Waals surface area contributed by atoms with E-state index >= 15 is 4.39 Å². The number of aromatic nitrogens is 1. The predicted molar refractivity (Wildman–Crippen MR) is 117 cm³/mol. The van der Waals surface area contributed by atoms with Gasteiger partial charge in [-0.1, -0.05) is 19.9 Å². The summed E-state index contributed by atoms with van der Waals surface area (Å²) in [5.41, 5.74) is 1.98. The summed E-state index contributed by atoms with van der Waals surface area (Å²) in [7, 11) is 0. The number of hydrogen-bond donors (Lipinski definition) is 1. The van der Waals surface area contributed by atoms with Crippen LogP contribution in [0.25, 0.3) is 10.9 Å². The van der Waals surface area contributed by atoms with Gasteiger partial charge in [0.05, 0.1) is 5.52 Å². The fraction of sp³-hybridized carbons (Fsp3) is 0.583. The molecule has 2 aliphatic rings. The first-order valence-corrected chi connectivity index (χ1v) is 11.3. The lowest BCUT2D eigenvalue weighted by atomic mass is 9.86. The summed E-state index contributed by atoms with van der Waals surface area (Å²) in [5, 5.41) is 0.645. The zero-order valence-corrected chi connectivity index (χ0v) is 18.8. The SMILES string of the molecule is CC(=O)N1CCC[C@@H](c2cc(C(C)C)c3cc(C(=O)N4CCC(F)(F)CC4)[nH]c3c2F)C1. The van der Waals surface area contributed by atoms with E-state index in [1.54, 1.807) is 11.0 Å². The Hall–Kier alpha value is -2.51. The molecule has 0 aliphatic carbocycles. The zero-order valence-electron chi connectivity index (χ0n) is 18.8. The van der Waals surface area contributed by atoms with Crippen molar-refractivity contribution in [2.24, 2.45) is 0 Å². The molecule has 2 aliphatic heterocycles. The summed E-state index contributed by atoms with van der Waals surface area (Å²) in [6.07, 6.45) is 0.886. The standard InChI is InChI=1S/C24H30F3N3O2/c1-14(2)17-11-18(16-5-4-8-30(13-16)15(3)31)21(25)22-19(17)12-20(28-22)23(32)29-9-6-24(26,27)7-10-29/h11-12,14,16,28H,4-10,13H2,1-3H3/t16-/m1/s1. The first kappa shape index (κ1) is 22.7. The van der Waals surface area contributed by atoms with Crippen LogP contribution in [0.5, 0.6) is 0 Å². The van der Waals surface area contributed by atoms with Crippen LogP contribution in [0.15, 0.2) is 12.1 Å². The Bertz CT molecular complexity index is 1040. The van der Waals surface area contributed by atoms with Gasteiger partial charge in [-0.05, 0) is 36.0 Å². The lowest BCUT2D eigenvalue weighted by molar-refractivity contribution is -0.130. The summed E-state index contributed by atoms with van der Waals surface area (Å²) in [6.45, 7) is 6.68. The number of carbonyl (C=O) groups excluding carboxylic acids is 2. The second kappa shape index (κ2) is 8.45. The molecule has 1 aromatic heterocycles. The number of likely N-dealkylation sites (tertiary alicyclic amines) is 2. The molecule has 2 fully saturated rings. The minimum absolute atomic E-state index is 0.0138. The lowest BCUT2D eigenvalue weighted by Crippen LogP contribution is -2.42. The van der Waals surface area contributed by atoms with Gasteiger partial charge in [-0.25, -0.2) is 13.2 Å². The van der Waals surface area contributed by atoms with Gasteiger partial charge in [-0.15, -0.1) is 0 Å². The molecule has 5 nitrogen and oxygen atoms in total. The number of rotatable bonds is 3. The van der Waals surface area contributed by atoms with Crippen molar-refractivity contribution in [2.45, 2.75) is 64.2 Å². The minimum atomic E-state index is -2.74. The summed E-state index contributed by atoms with van der Waals surface area (Å²) in [5.74, 6) is -3.55. The molecule has 0 radical (unpaired) electrons. The first-order valence-electron chi connectivity index (χ1n) is 11.3. The molecule has 1 N–H and O–H groups in total. The van der Waals surface area contributed by atoms with E-state index in [1.165, 1.54) is 11.8 Å². The Morgan fingerprint density at radius 3 is 2.44 bits per heavy atom. The van der Waals surface area contributed by atoms with Gasteiger partial charge < -0.3 is 14.8 Å². The number of alkyl halides is 2. The molecule has 0 spiro atoms. The monoisotopic (exact) mass is 449 g/mol. The smallest absolute Gasteiger partial charge is 0.270 e. The number of carbonyl (C=O) groups is 2. The van der Waals surface area contributed by atoms with Crippen molar-refractivity contribution in [2.75, 3.05) is 26.2 Å². The van der Waals surface area contributed by atoms with E-state index in [0.717, 1.165) is 18.4 Å². The maximum atomic E-state index is 15.7. The van der Waals surface area contributed by atoms with Crippen LogP contribution in [-0.2, 0) is 4.79 Å². The fourth-order valence-electron chi connectivity index (χ4n) is 4.92. The largest absolute Gasteiger partial charge is 0.348 e. The van der Waals surface area contributed by atoms with Crippen LogP contribution in [0.3, 0.4) is 0 Å². The molecule has 3 heterocycles. The Morgan fingerprint density at radius 2 is 1.81 bits per heavy atom. The third-order valence-corrected chi connectivity index (χ3v) is 6.85. The second-order valence-electron chi connectivity index (χ2n) is 9.45. The molecule has 1 aromatic carbocycles. The Morgan fingerprint density at radius 1 is 1.12 bits per heavy atom. The third kappa shape index (κ3) is 4.24. The van der Waals surface area contributed by atoms with Crippen molar-refractivity contribution in [3.8, 4) is 0 Å². The van der Waals surface area contributed by atoms with Gasteiger partial charge in [0.15, 0.2) is 5.82 Å². The highest BCUT2D eigenvalue weighted by atomic mass is 19.3. The molecular weight excluding hydrogens is 419 g/mol. The molecule has 0 saturated carbocycles. The number of hydrogen-bond acceptors (Lipinski definition) is 2. The maximum Gasteiger partial charge on any atom is 0.270 e. The summed E-state index contributed by atoms with van der Waals surface area (Å²) in [4.78, 5) is 30.9. The van der Waals surface area contributed by atoms with Crippen molar-refractivity contribution in [3.63, 3.8) is 0 Å². The fourth-order valence-corrected chi connectivity index (χ4v) is 4.92. The van der Waals surface area contributed by atoms with E-state index < -0.39 is 11.7 Å². The molecule has 8 heteroatoms. The van der Waals surface area contributed by atoms with Crippen molar-refractivity contribution in [1.29, 1.82) is 0 Å². The van der Waals surface area contributed by atoms with Crippen LogP contribution in [0, 0.1) is 5.82 Å². The molecule has 0 unspecified atom stereocenters. The molecule has 32 heavy (non-hydrogen) atoms. The van der Waals surface area contributed by atoms with Crippen LogP contribution < -0.4 is 0 Å². The van der Waals surface area contributed by atoms with Crippen LogP contribution in [0.4, 0.5) is 13.2 Å². The van der Waals surface area contributed by atoms with E-state index in [-0.39, 0.29) is 60.8 Å². The topological polar surface area (TPSA) is 56.4 Å². The number of nitrogens with one attached hydrogen (secondary N) is 1. The lowest BCUT2D eigenvalue weighted by Gasteiger charge is -2.33. The molecule has 2 amide bonds. The van der Waals surface area contributed by atoms with Crippen LogP contribution in [0.2, 0.25) is 0 Å². The number of piperidine rings is 2. The predicted octanol–water partition coefficient (Wildman–Crippen LogP) is 5.03. The maximum absolute atomic E-state index is 15.7. The van der Waals surface area contributed by atoms with Crippen molar-refractivity contribution < 1.29 is 22.8 Å². The highest BCUT2D eigenvalue weighted by molar-refractivity contribution is 5.99. The van der Waals surface area contributed by atoms with E-state index in [4.69, 9.17) is 0 Å². The number of amides is 2. The van der Waals surface area contributed by atoms with Gasteiger partial charge in [-0.3, -0.25) is 9.59 Å². The van der Waals surface area contributed by atoms with Crippen molar-refractivity contribution >= 4 is 22.7 Å². The van der Waals surface area contributed by atoms with E-state index in [2.05, 4.69) is 4.98 Å². The summed E-state index contributed by atoms with van der Waals surface area (Å²) >= 11 is 0. The molecule has 0 bridgehead atoms. The number of fused-ring (bicyclic) bond motifs is 1. The number of benzene rings is 1. The normalized spacial score (nSPS) is 21.4. The molecule has 2 saturated heterocycles. The molecular formula is C24H30F3N3O2. The van der Waals surface area contributed by atoms with Crippen LogP contribution >= 0.6 is 0 Å². The zero-order chi connectivity index (χ0) is 23.2. The van der Waals surface area contributed by atoms with Crippen LogP contribution in [0.1, 0.15) is 79.9 Å². The number of halogens is 3. The van der Waals surface area contributed by atoms with Gasteiger partial charge in [0.25, 0.3) is 11.8 Å². The number of nitrogens with zero attached hydrogens (tertiary/aromatic N) is 2. The molecule has 4 rings (SSSR count). The second-order valence-corrected chi connectivity index (χ2v) is 9.45. The first-order chi connectivity index (χ1) is 15.1. The summed E-state index contributed by atoms with van der Waals surface area (Å²) in [6, 6.07) is 3.52. The van der Waals surface area contributed by atoms with Gasteiger partial charge in [-0.2, -0.15) is 0 Å². The minimum Gasteiger partial charge on any atom is -0.348 e. The highest BCUT2D eigenvalue weighted by Gasteiger charge is 2.36. The Balaban J connectivity index is 1.70. The van der Waals surface area contributed by atoms with E-state index in [1.807, 2.05) is 19.9 Å². The van der Waals surface area contributed by atoms with Crippen molar-refractivity contribution in [3.05, 3.63) is 34.8 Å². The van der Waals surface area contributed by atoms with Crippen LogP contribution in [-0.4, -0.2) is 58.7 Å². The molecule has 2 aromatic rings. The molecule has 174 valence electrons. The van der Waals surface area contributed by atoms with Gasteiger partial charge in [0.1, 0.15) is 5.69 Å². The average Bonchev–Trinajstić information content (AvgIpc) is 3.19. The Kier molecular flexibility index (Phi) is 5.98.